The minimum atomic E-state index is -4.47. The zero-order valence-corrected chi connectivity index (χ0v) is 9.66. The van der Waals surface area contributed by atoms with E-state index in [0.29, 0.717) is 5.39 Å². The highest BCUT2D eigenvalue weighted by Crippen LogP contribution is 2.40. The molecule has 6 heteroatoms. The van der Waals surface area contributed by atoms with E-state index in [-0.39, 0.29) is 9.99 Å². The number of aryl methyl sites for hydroxylation is 1. The molecule has 0 fully saturated rings. The van der Waals surface area contributed by atoms with Crippen LogP contribution in [0.5, 0.6) is 0 Å². The first-order chi connectivity index (χ1) is 7.32. The van der Waals surface area contributed by atoms with Gasteiger partial charge in [0.1, 0.15) is 11.5 Å². The Labute approximate surface area is 96.8 Å². The Morgan fingerprint density at radius 1 is 1.25 bits per heavy atom. The van der Waals surface area contributed by atoms with Crippen molar-refractivity contribution in [3.05, 3.63) is 34.2 Å². The number of halogens is 5. The van der Waals surface area contributed by atoms with Gasteiger partial charge in [0, 0.05) is 12.4 Å². The predicted molar refractivity (Wildman–Crippen MR) is 55.6 cm³/mol. The van der Waals surface area contributed by atoms with Crippen LogP contribution in [0.15, 0.2) is 22.7 Å². The maximum Gasteiger partial charge on any atom is 0.432 e. The van der Waals surface area contributed by atoms with Crippen LogP contribution in [0.4, 0.5) is 17.6 Å². The lowest BCUT2D eigenvalue weighted by atomic mass is 10.2. The molecule has 0 spiro atoms. The van der Waals surface area contributed by atoms with Gasteiger partial charge in [-0.25, -0.2) is 4.39 Å². The summed E-state index contributed by atoms with van der Waals surface area (Å²) in [5.41, 5.74) is -0.604. The molecule has 0 amide bonds. The SMILES string of the molecule is Cn1c(C(F)(F)F)c(Br)c2ccc(F)cc21. The standard InChI is InChI=1S/C10H6BrF4N/c1-16-7-4-5(12)2-3-6(7)8(11)9(16)10(13,14)15/h2-4H,1H3. The number of fused-ring (bicyclic) bond motifs is 1. The molecule has 0 aliphatic carbocycles. The molecule has 1 heterocycles. The van der Waals surface area contributed by atoms with Crippen molar-refractivity contribution in [2.75, 3.05) is 0 Å². The maximum absolute atomic E-state index is 12.9. The highest BCUT2D eigenvalue weighted by molar-refractivity contribution is 9.10. The smallest absolute Gasteiger partial charge is 0.339 e. The molecule has 0 N–H and O–H groups in total. The molecule has 0 radical (unpaired) electrons. The van der Waals surface area contributed by atoms with Gasteiger partial charge in [0.15, 0.2) is 0 Å². The average Bonchev–Trinajstić information content (AvgIpc) is 2.38. The molecule has 2 rings (SSSR count). The summed E-state index contributed by atoms with van der Waals surface area (Å²) in [5.74, 6) is -0.561. The van der Waals surface area contributed by atoms with E-state index in [4.69, 9.17) is 0 Å². The Morgan fingerprint density at radius 3 is 2.44 bits per heavy atom. The molecule has 2 aromatic rings. The van der Waals surface area contributed by atoms with Gasteiger partial charge < -0.3 is 4.57 Å². The van der Waals surface area contributed by atoms with Crippen molar-refractivity contribution in [3.63, 3.8) is 0 Å². The van der Waals surface area contributed by atoms with E-state index in [1.165, 1.54) is 13.1 Å². The van der Waals surface area contributed by atoms with Gasteiger partial charge in [0.25, 0.3) is 0 Å². The highest BCUT2D eigenvalue weighted by Gasteiger charge is 2.37. The summed E-state index contributed by atoms with van der Waals surface area (Å²) < 4.78 is 51.9. The summed E-state index contributed by atoms with van der Waals surface area (Å²) in [6.07, 6.45) is -4.47. The van der Waals surface area contributed by atoms with Crippen LogP contribution in [0.25, 0.3) is 10.9 Å². The summed E-state index contributed by atoms with van der Waals surface area (Å²) in [6, 6.07) is 3.53. The quantitative estimate of drug-likeness (QED) is 0.645. The van der Waals surface area contributed by atoms with Crippen LogP contribution in [-0.4, -0.2) is 4.57 Å². The largest absolute Gasteiger partial charge is 0.432 e. The molecule has 1 aromatic heterocycles. The van der Waals surface area contributed by atoms with Gasteiger partial charge in [0.05, 0.1) is 9.99 Å². The fourth-order valence-electron chi connectivity index (χ4n) is 1.68. The van der Waals surface area contributed by atoms with Gasteiger partial charge in [-0.05, 0) is 34.1 Å². The second-order valence-electron chi connectivity index (χ2n) is 3.38. The van der Waals surface area contributed by atoms with Crippen LogP contribution in [0.2, 0.25) is 0 Å². The molecule has 0 bridgehead atoms. The van der Waals surface area contributed by atoms with Gasteiger partial charge in [-0.1, -0.05) is 0 Å². The number of nitrogens with zero attached hydrogens (tertiary/aromatic N) is 1. The lowest BCUT2D eigenvalue weighted by molar-refractivity contribution is -0.143. The van der Waals surface area contributed by atoms with Gasteiger partial charge in [0.2, 0.25) is 0 Å². The van der Waals surface area contributed by atoms with Crippen molar-refractivity contribution in [2.24, 2.45) is 7.05 Å². The Kier molecular flexibility index (Phi) is 2.49. The fraction of sp³-hybridized carbons (Fsp3) is 0.200. The molecular weight excluding hydrogens is 290 g/mol. The van der Waals surface area contributed by atoms with Crippen molar-refractivity contribution in [1.82, 2.24) is 4.57 Å². The molecule has 0 aliphatic heterocycles. The number of hydrogen-bond acceptors (Lipinski definition) is 0. The van der Waals surface area contributed by atoms with E-state index in [1.807, 2.05) is 0 Å². The molecule has 16 heavy (non-hydrogen) atoms. The van der Waals surface area contributed by atoms with Crippen LogP contribution >= 0.6 is 15.9 Å². The Morgan fingerprint density at radius 2 is 1.88 bits per heavy atom. The van der Waals surface area contributed by atoms with E-state index >= 15 is 0 Å². The molecule has 0 atom stereocenters. The first-order valence-corrected chi connectivity index (χ1v) is 5.12. The Bertz CT molecular complexity index is 556. The van der Waals surface area contributed by atoms with Gasteiger partial charge >= 0.3 is 6.18 Å². The van der Waals surface area contributed by atoms with E-state index < -0.39 is 17.7 Å². The number of hydrogen-bond donors (Lipinski definition) is 0. The molecular formula is C10H6BrF4N. The van der Waals surface area contributed by atoms with Crippen LogP contribution in [0.1, 0.15) is 5.69 Å². The first-order valence-electron chi connectivity index (χ1n) is 4.33. The Hall–Kier alpha value is -1.04. The number of alkyl halides is 3. The van der Waals surface area contributed by atoms with Crippen molar-refractivity contribution >= 4 is 26.8 Å². The molecule has 1 nitrogen and oxygen atoms in total. The van der Waals surface area contributed by atoms with E-state index in [1.54, 1.807) is 0 Å². The lowest BCUT2D eigenvalue weighted by Crippen LogP contribution is -2.11. The predicted octanol–water partition coefficient (Wildman–Crippen LogP) is 4.10. The zero-order chi connectivity index (χ0) is 12.1. The van der Waals surface area contributed by atoms with E-state index in [9.17, 15) is 17.6 Å². The van der Waals surface area contributed by atoms with Crippen molar-refractivity contribution in [1.29, 1.82) is 0 Å². The Balaban J connectivity index is 2.87. The monoisotopic (exact) mass is 295 g/mol. The van der Waals surface area contributed by atoms with Crippen LogP contribution in [-0.2, 0) is 13.2 Å². The molecule has 0 saturated carbocycles. The average molecular weight is 296 g/mol. The topological polar surface area (TPSA) is 4.93 Å². The third-order valence-electron chi connectivity index (χ3n) is 2.37. The van der Waals surface area contributed by atoms with Crippen molar-refractivity contribution in [2.45, 2.75) is 6.18 Å². The van der Waals surface area contributed by atoms with Gasteiger partial charge in [-0.15, -0.1) is 0 Å². The second-order valence-corrected chi connectivity index (χ2v) is 4.17. The number of benzene rings is 1. The molecule has 0 aliphatic rings. The highest BCUT2D eigenvalue weighted by atomic mass is 79.9. The van der Waals surface area contributed by atoms with Crippen LogP contribution in [0, 0.1) is 5.82 Å². The minimum absolute atomic E-state index is 0.0579. The van der Waals surface area contributed by atoms with Crippen LogP contribution < -0.4 is 0 Å². The lowest BCUT2D eigenvalue weighted by Gasteiger charge is -2.08. The maximum atomic E-state index is 12.9. The van der Waals surface area contributed by atoms with Crippen molar-refractivity contribution in [3.8, 4) is 0 Å². The van der Waals surface area contributed by atoms with Crippen molar-refractivity contribution < 1.29 is 17.6 Å². The van der Waals surface area contributed by atoms with Gasteiger partial charge in [-0.3, -0.25) is 0 Å². The third kappa shape index (κ3) is 1.61. The summed E-state index contributed by atoms with van der Waals surface area (Å²) in [4.78, 5) is 0. The molecule has 0 unspecified atom stereocenters. The summed E-state index contributed by atoms with van der Waals surface area (Å²) in [5, 5.41) is 0.344. The van der Waals surface area contributed by atoms with E-state index in [0.717, 1.165) is 16.7 Å². The minimum Gasteiger partial charge on any atom is -0.339 e. The number of rotatable bonds is 0. The molecule has 0 saturated heterocycles. The van der Waals surface area contributed by atoms with E-state index in [2.05, 4.69) is 15.9 Å². The van der Waals surface area contributed by atoms with Crippen LogP contribution in [0.3, 0.4) is 0 Å². The molecule has 86 valence electrons. The van der Waals surface area contributed by atoms with Gasteiger partial charge in [-0.2, -0.15) is 13.2 Å². The summed E-state index contributed by atoms with van der Waals surface area (Å²) in [7, 11) is 1.26. The normalized spacial score (nSPS) is 12.4. The fourth-order valence-corrected chi connectivity index (χ4v) is 2.50. The zero-order valence-electron chi connectivity index (χ0n) is 8.07. The third-order valence-corrected chi connectivity index (χ3v) is 3.17. The first kappa shape index (κ1) is 11.4. The number of aromatic nitrogens is 1. The summed E-state index contributed by atoms with van der Waals surface area (Å²) in [6.45, 7) is 0. The second kappa shape index (κ2) is 3.48. The molecule has 1 aromatic carbocycles. The summed E-state index contributed by atoms with van der Waals surface area (Å²) >= 11 is 2.90.